The summed E-state index contributed by atoms with van der Waals surface area (Å²) in [6, 6.07) is 12.7. The van der Waals surface area contributed by atoms with E-state index in [1.54, 1.807) is 6.07 Å². The second-order valence-electron chi connectivity index (χ2n) is 6.92. The number of nitrogens with one attached hydrogen (secondary N) is 1. The highest BCUT2D eigenvalue weighted by Gasteiger charge is 2.38. The molecule has 0 saturated heterocycles. The molecule has 1 N–H and O–H groups in total. The van der Waals surface area contributed by atoms with Crippen molar-refractivity contribution in [3.05, 3.63) is 64.3 Å². The second-order valence-corrected chi connectivity index (χ2v) is 7.33. The number of benzene rings is 2. The molecular formula is C23H25ClN2O3. The number of rotatable bonds is 8. The number of carbonyl (C=O) groups excluding carboxylic acids is 2. The lowest BCUT2D eigenvalue weighted by atomic mass is 10.0. The number of hydrogen-bond donors (Lipinski definition) is 1. The van der Waals surface area contributed by atoms with Crippen molar-refractivity contribution in [2.75, 3.05) is 18.5 Å². The van der Waals surface area contributed by atoms with Crippen LogP contribution in [0.5, 0.6) is 5.75 Å². The van der Waals surface area contributed by atoms with Gasteiger partial charge in [-0.1, -0.05) is 43.6 Å². The highest BCUT2D eigenvalue weighted by Crippen LogP contribution is 2.33. The zero-order valence-electron chi connectivity index (χ0n) is 16.9. The molecular weight excluding hydrogens is 388 g/mol. The van der Waals surface area contributed by atoms with Crippen LogP contribution in [0.15, 0.2) is 48.2 Å². The van der Waals surface area contributed by atoms with Crippen LogP contribution >= 0.6 is 11.6 Å². The van der Waals surface area contributed by atoms with Gasteiger partial charge in [0, 0.05) is 17.3 Å². The molecule has 0 saturated carbocycles. The molecule has 2 amide bonds. The molecule has 1 aliphatic heterocycles. The predicted molar refractivity (Wildman–Crippen MR) is 116 cm³/mol. The van der Waals surface area contributed by atoms with Gasteiger partial charge in [-0.15, -0.1) is 0 Å². The minimum Gasteiger partial charge on any atom is -0.494 e. The van der Waals surface area contributed by atoms with Crippen molar-refractivity contribution in [2.24, 2.45) is 0 Å². The van der Waals surface area contributed by atoms with Crippen molar-refractivity contribution in [2.45, 2.75) is 33.6 Å². The van der Waals surface area contributed by atoms with Crippen molar-refractivity contribution in [3.8, 4) is 5.75 Å². The third-order valence-electron chi connectivity index (χ3n) is 4.76. The first-order valence-electron chi connectivity index (χ1n) is 9.83. The molecule has 0 atom stereocenters. The fourth-order valence-electron chi connectivity index (χ4n) is 3.20. The maximum atomic E-state index is 13.1. The van der Waals surface area contributed by atoms with E-state index in [0.717, 1.165) is 17.7 Å². The van der Waals surface area contributed by atoms with E-state index < -0.39 is 0 Å². The van der Waals surface area contributed by atoms with Gasteiger partial charge in [0.25, 0.3) is 11.8 Å². The van der Waals surface area contributed by atoms with Crippen LogP contribution in [-0.2, 0) is 9.59 Å². The molecule has 6 heteroatoms. The molecule has 0 aromatic heterocycles. The zero-order valence-corrected chi connectivity index (χ0v) is 17.7. The average Bonchev–Trinajstić information content (AvgIpc) is 2.95. The van der Waals surface area contributed by atoms with Gasteiger partial charge in [0.2, 0.25) is 0 Å². The monoisotopic (exact) mass is 412 g/mol. The van der Waals surface area contributed by atoms with Crippen LogP contribution in [0, 0.1) is 6.92 Å². The Labute approximate surface area is 176 Å². The first-order valence-corrected chi connectivity index (χ1v) is 10.2. The maximum absolute atomic E-state index is 13.1. The summed E-state index contributed by atoms with van der Waals surface area (Å²) >= 11 is 6.22. The van der Waals surface area contributed by atoms with Gasteiger partial charge in [-0.3, -0.25) is 14.5 Å². The highest BCUT2D eigenvalue weighted by atomic mass is 35.5. The van der Waals surface area contributed by atoms with Crippen molar-refractivity contribution < 1.29 is 14.3 Å². The van der Waals surface area contributed by atoms with Crippen molar-refractivity contribution in [3.63, 3.8) is 0 Å². The molecule has 0 fully saturated rings. The summed E-state index contributed by atoms with van der Waals surface area (Å²) in [5, 5.41) is 3.76. The summed E-state index contributed by atoms with van der Waals surface area (Å²) in [5.74, 6) is 0.123. The van der Waals surface area contributed by atoms with E-state index in [1.807, 2.05) is 57.2 Å². The Hall–Kier alpha value is -2.79. The fraction of sp³-hybridized carbons (Fsp3) is 0.304. The van der Waals surface area contributed by atoms with Crippen LogP contribution in [0.1, 0.15) is 37.8 Å². The second kappa shape index (κ2) is 9.14. The first kappa shape index (κ1) is 20.9. The summed E-state index contributed by atoms with van der Waals surface area (Å²) < 4.78 is 5.62. The van der Waals surface area contributed by atoms with Gasteiger partial charge in [0.05, 0.1) is 12.2 Å². The van der Waals surface area contributed by atoms with Gasteiger partial charge < -0.3 is 10.1 Å². The molecule has 0 bridgehead atoms. The van der Waals surface area contributed by atoms with Crippen LogP contribution in [-0.4, -0.2) is 29.9 Å². The van der Waals surface area contributed by atoms with Gasteiger partial charge in [-0.25, -0.2) is 0 Å². The molecule has 152 valence electrons. The van der Waals surface area contributed by atoms with Gasteiger partial charge in [-0.2, -0.15) is 0 Å². The Morgan fingerprint density at radius 2 is 1.72 bits per heavy atom. The first-order chi connectivity index (χ1) is 14.0. The molecule has 0 unspecified atom stereocenters. The largest absolute Gasteiger partial charge is 0.494 e. The van der Waals surface area contributed by atoms with E-state index in [0.29, 0.717) is 41.4 Å². The van der Waals surface area contributed by atoms with E-state index in [-0.39, 0.29) is 17.5 Å². The van der Waals surface area contributed by atoms with Crippen LogP contribution in [0.3, 0.4) is 0 Å². The van der Waals surface area contributed by atoms with Crippen molar-refractivity contribution >= 4 is 34.7 Å². The van der Waals surface area contributed by atoms with Crippen LogP contribution < -0.4 is 10.1 Å². The number of halogens is 1. The van der Waals surface area contributed by atoms with E-state index in [9.17, 15) is 9.59 Å². The Balaban J connectivity index is 2.02. The average molecular weight is 413 g/mol. The predicted octanol–water partition coefficient (Wildman–Crippen LogP) is 5.04. The molecule has 2 aromatic carbocycles. The number of ether oxygens (including phenoxy) is 1. The van der Waals surface area contributed by atoms with E-state index in [1.165, 1.54) is 4.90 Å². The Bertz CT molecular complexity index is 951. The summed E-state index contributed by atoms with van der Waals surface area (Å²) in [7, 11) is 0. The van der Waals surface area contributed by atoms with Crippen LogP contribution in [0.4, 0.5) is 5.69 Å². The van der Waals surface area contributed by atoms with E-state index in [2.05, 4.69) is 5.32 Å². The number of amides is 2. The maximum Gasteiger partial charge on any atom is 0.278 e. The molecule has 5 nitrogen and oxygen atoms in total. The topological polar surface area (TPSA) is 58.6 Å². The molecule has 0 spiro atoms. The summed E-state index contributed by atoms with van der Waals surface area (Å²) in [4.78, 5) is 27.4. The summed E-state index contributed by atoms with van der Waals surface area (Å²) in [6.07, 6.45) is 1.61. The number of carbonyl (C=O) groups is 2. The lowest BCUT2D eigenvalue weighted by molar-refractivity contribution is -0.136. The van der Waals surface area contributed by atoms with Gasteiger partial charge in [0.15, 0.2) is 0 Å². The number of anilines is 1. The minimum absolute atomic E-state index is 0.274. The molecule has 1 heterocycles. The van der Waals surface area contributed by atoms with Crippen molar-refractivity contribution in [1.82, 2.24) is 4.90 Å². The lowest BCUT2D eigenvalue weighted by Crippen LogP contribution is -2.33. The molecule has 3 rings (SSSR count). The molecule has 2 aromatic rings. The van der Waals surface area contributed by atoms with Crippen LogP contribution in [0.2, 0.25) is 5.02 Å². The fourth-order valence-corrected chi connectivity index (χ4v) is 3.38. The molecule has 1 aliphatic rings. The lowest BCUT2D eigenvalue weighted by Gasteiger charge is -2.14. The van der Waals surface area contributed by atoms with Gasteiger partial charge >= 0.3 is 0 Å². The standard InChI is InChI=1S/C23H25ClN2O3/c1-4-13-26-22(27)20(16-9-11-17(12-10-16)29-14-5-2)21(23(26)28)25-19-8-6-7-18(24)15(19)3/h6-12,25H,4-5,13-14H2,1-3H3. The molecule has 0 radical (unpaired) electrons. The SMILES string of the molecule is CCCOc1ccc(C2=C(Nc3cccc(Cl)c3C)C(=O)N(CCC)C2=O)cc1. The quantitative estimate of drug-likeness (QED) is 0.617. The zero-order chi connectivity index (χ0) is 21.0. The number of hydrogen-bond acceptors (Lipinski definition) is 4. The van der Waals surface area contributed by atoms with Crippen molar-refractivity contribution in [1.29, 1.82) is 0 Å². The van der Waals surface area contributed by atoms with E-state index in [4.69, 9.17) is 16.3 Å². The van der Waals surface area contributed by atoms with Gasteiger partial charge in [0.1, 0.15) is 11.4 Å². The number of nitrogens with zero attached hydrogens (tertiary/aromatic N) is 1. The Morgan fingerprint density at radius 1 is 1.00 bits per heavy atom. The highest BCUT2D eigenvalue weighted by molar-refractivity contribution is 6.36. The molecule has 29 heavy (non-hydrogen) atoms. The van der Waals surface area contributed by atoms with Gasteiger partial charge in [-0.05, 0) is 55.2 Å². The summed E-state index contributed by atoms with van der Waals surface area (Å²) in [6.45, 7) is 6.85. The number of imide groups is 1. The third kappa shape index (κ3) is 4.30. The van der Waals surface area contributed by atoms with Crippen LogP contribution in [0.25, 0.3) is 5.57 Å². The molecule has 0 aliphatic carbocycles. The minimum atomic E-state index is -0.322. The summed E-state index contributed by atoms with van der Waals surface area (Å²) in [5.41, 5.74) is 2.83. The van der Waals surface area contributed by atoms with E-state index >= 15 is 0 Å². The Morgan fingerprint density at radius 3 is 2.38 bits per heavy atom. The smallest absolute Gasteiger partial charge is 0.278 e. The normalized spacial score (nSPS) is 14.0. The third-order valence-corrected chi connectivity index (χ3v) is 5.17. The Kier molecular flexibility index (Phi) is 6.60.